The van der Waals surface area contributed by atoms with E-state index in [0.717, 1.165) is 25.8 Å². The van der Waals surface area contributed by atoms with Crippen molar-refractivity contribution in [2.75, 3.05) is 13.2 Å². The molecule has 1 aromatic carbocycles. The number of unbranched alkanes of at least 4 members (excludes halogenated alkanes) is 14. The molecule has 226 valence electrons. The smallest absolute Gasteiger partial charge is 0.306 e. The third-order valence-corrected chi connectivity index (χ3v) is 7.85. The molecule has 1 aromatic heterocycles. The van der Waals surface area contributed by atoms with Crippen molar-refractivity contribution in [1.82, 2.24) is 0 Å². The van der Waals surface area contributed by atoms with E-state index in [1.54, 1.807) is 0 Å². The van der Waals surface area contributed by atoms with Gasteiger partial charge in [-0.25, -0.2) is 0 Å². The average Bonchev–Trinajstić information content (AvgIpc) is 3.42. The molecule has 2 heterocycles. The molecule has 3 rings (SSSR count). The summed E-state index contributed by atoms with van der Waals surface area (Å²) in [7, 11) is 0. The SMILES string of the molecule is CCCCCCCCCCCCCCCCCC1OCC(COC(=O)CCC[n+]2cccc3ccccc32)O1.[Cl-]. The lowest BCUT2D eigenvalue weighted by Crippen LogP contribution is -3.00. The van der Waals surface area contributed by atoms with Gasteiger partial charge in [-0.15, -0.1) is 0 Å². The number of hydrogen-bond acceptors (Lipinski definition) is 4. The maximum atomic E-state index is 12.2. The number of para-hydroxylation sites is 1. The Balaban J connectivity index is 0.00000560. The summed E-state index contributed by atoms with van der Waals surface area (Å²) in [5.74, 6) is -0.162. The molecule has 1 fully saturated rings. The molecule has 40 heavy (non-hydrogen) atoms. The van der Waals surface area contributed by atoms with Crippen LogP contribution in [0.2, 0.25) is 0 Å². The van der Waals surface area contributed by atoms with Crippen molar-refractivity contribution in [2.24, 2.45) is 0 Å². The number of aryl methyl sites for hydroxylation is 1. The van der Waals surface area contributed by atoms with E-state index in [0.29, 0.717) is 13.0 Å². The average molecular weight is 576 g/mol. The number of pyridine rings is 1. The van der Waals surface area contributed by atoms with E-state index < -0.39 is 0 Å². The van der Waals surface area contributed by atoms with Crippen molar-refractivity contribution in [3.63, 3.8) is 0 Å². The molecule has 0 saturated carbocycles. The van der Waals surface area contributed by atoms with Gasteiger partial charge in [0.25, 0.3) is 0 Å². The number of esters is 1. The van der Waals surface area contributed by atoms with Crippen LogP contribution in [0.15, 0.2) is 42.6 Å². The van der Waals surface area contributed by atoms with E-state index in [9.17, 15) is 4.79 Å². The molecule has 0 aliphatic carbocycles. The zero-order valence-electron chi connectivity index (χ0n) is 25.0. The zero-order valence-corrected chi connectivity index (χ0v) is 25.8. The minimum Gasteiger partial charge on any atom is -1.00 e. The van der Waals surface area contributed by atoms with Crippen molar-refractivity contribution >= 4 is 16.9 Å². The van der Waals surface area contributed by atoms with Gasteiger partial charge in [0.1, 0.15) is 19.3 Å². The summed E-state index contributed by atoms with van der Waals surface area (Å²) in [5.41, 5.74) is 1.19. The van der Waals surface area contributed by atoms with Crippen molar-refractivity contribution in [1.29, 1.82) is 0 Å². The summed E-state index contributed by atoms with van der Waals surface area (Å²) in [6, 6.07) is 12.5. The van der Waals surface area contributed by atoms with Gasteiger partial charge in [0.15, 0.2) is 12.5 Å². The molecule has 1 aliphatic heterocycles. The van der Waals surface area contributed by atoms with Crippen LogP contribution >= 0.6 is 0 Å². The summed E-state index contributed by atoms with van der Waals surface area (Å²) >= 11 is 0. The number of fused-ring (bicyclic) bond motifs is 1. The molecule has 0 amide bonds. The van der Waals surface area contributed by atoms with Crippen molar-refractivity contribution in [3.05, 3.63) is 42.6 Å². The van der Waals surface area contributed by atoms with Crippen LogP contribution in [-0.2, 0) is 25.5 Å². The van der Waals surface area contributed by atoms with Crippen LogP contribution in [0.3, 0.4) is 0 Å². The Morgan fingerprint density at radius 2 is 1.43 bits per heavy atom. The number of halogens is 1. The lowest BCUT2D eigenvalue weighted by molar-refractivity contribution is -0.671. The Hall–Kier alpha value is -1.69. The summed E-state index contributed by atoms with van der Waals surface area (Å²) in [5, 5.41) is 1.21. The van der Waals surface area contributed by atoms with Crippen LogP contribution in [0.5, 0.6) is 0 Å². The second-order valence-electron chi connectivity index (χ2n) is 11.3. The summed E-state index contributed by atoms with van der Waals surface area (Å²) in [4.78, 5) is 12.2. The van der Waals surface area contributed by atoms with Gasteiger partial charge in [0.2, 0.25) is 5.52 Å². The van der Waals surface area contributed by atoms with Gasteiger partial charge in [-0.1, -0.05) is 109 Å². The lowest BCUT2D eigenvalue weighted by Gasteiger charge is -2.12. The van der Waals surface area contributed by atoms with Gasteiger partial charge in [-0.2, -0.15) is 4.57 Å². The van der Waals surface area contributed by atoms with Gasteiger partial charge in [0, 0.05) is 23.9 Å². The highest BCUT2D eigenvalue weighted by Crippen LogP contribution is 2.19. The van der Waals surface area contributed by atoms with Gasteiger partial charge >= 0.3 is 5.97 Å². The van der Waals surface area contributed by atoms with Gasteiger partial charge in [-0.05, 0) is 25.0 Å². The second kappa shape index (κ2) is 22.0. The molecule has 2 unspecified atom stereocenters. The molecule has 0 N–H and O–H groups in total. The van der Waals surface area contributed by atoms with Crippen LogP contribution in [0.1, 0.15) is 122 Å². The van der Waals surface area contributed by atoms with Crippen LogP contribution in [0, 0.1) is 0 Å². The monoisotopic (exact) mass is 575 g/mol. The van der Waals surface area contributed by atoms with E-state index in [-0.39, 0.29) is 37.4 Å². The molecule has 6 heteroatoms. The first-order valence-electron chi connectivity index (χ1n) is 16.1. The fourth-order valence-corrected chi connectivity index (χ4v) is 5.50. The number of carbonyl (C=O) groups excluding carboxylic acids is 1. The summed E-state index contributed by atoms with van der Waals surface area (Å²) in [6.07, 6.45) is 24.4. The van der Waals surface area contributed by atoms with Gasteiger partial charge in [0.05, 0.1) is 13.0 Å². The quantitative estimate of drug-likeness (QED) is 0.106. The van der Waals surface area contributed by atoms with Crippen LogP contribution in [0.25, 0.3) is 10.9 Å². The number of rotatable bonds is 22. The molecule has 0 bridgehead atoms. The molecular weight excluding hydrogens is 522 g/mol. The maximum Gasteiger partial charge on any atom is 0.306 e. The predicted octanol–water partition coefficient (Wildman–Crippen LogP) is 5.46. The second-order valence-corrected chi connectivity index (χ2v) is 11.3. The zero-order chi connectivity index (χ0) is 27.4. The third kappa shape index (κ3) is 14.3. The van der Waals surface area contributed by atoms with E-state index >= 15 is 0 Å². The Labute approximate surface area is 249 Å². The fourth-order valence-electron chi connectivity index (χ4n) is 5.50. The van der Waals surface area contributed by atoms with Crippen LogP contribution in [0.4, 0.5) is 0 Å². The minimum absolute atomic E-state index is 0. The van der Waals surface area contributed by atoms with Gasteiger partial charge < -0.3 is 26.6 Å². The molecule has 0 radical (unpaired) electrons. The minimum atomic E-state index is -0.162. The normalized spacial score (nSPS) is 16.7. The number of ether oxygens (including phenoxy) is 3. The Morgan fingerprint density at radius 3 is 2.10 bits per heavy atom. The fraction of sp³-hybridized carbons (Fsp3) is 0.706. The van der Waals surface area contributed by atoms with Crippen molar-refractivity contribution < 1.29 is 36.0 Å². The standard InChI is InChI=1S/C34H54NO4.ClH/c1-2-3-4-5-6-7-8-9-10-11-12-13-14-15-16-25-34-38-29-31(39-34)28-37-33(36)24-20-27-35-26-19-22-30-21-17-18-23-32(30)35;/h17-19,21-23,26,31,34H,2-16,20,24-25,27-29H2,1H3;1H/q+1;/p-1. The Kier molecular flexibility index (Phi) is 19.0. The molecule has 1 saturated heterocycles. The Bertz CT molecular complexity index is 918. The molecule has 5 nitrogen and oxygen atoms in total. The largest absolute Gasteiger partial charge is 1.00 e. The topological polar surface area (TPSA) is 48.6 Å². The predicted molar refractivity (Wildman–Crippen MR) is 158 cm³/mol. The number of carbonyl (C=O) groups is 1. The highest BCUT2D eigenvalue weighted by Gasteiger charge is 2.26. The highest BCUT2D eigenvalue weighted by atomic mass is 35.5. The molecule has 1 aliphatic rings. The first-order valence-corrected chi connectivity index (χ1v) is 16.1. The first kappa shape index (κ1) is 34.5. The van der Waals surface area contributed by atoms with E-state index in [1.807, 2.05) is 18.2 Å². The van der Waals surface area contributed by atoms with Crippen molar-refractivity contribution in [3.8, 4) is 0 Å². The highest BCUT2D eigenvalue weighted by molar-refractivity contribution is 5.75. The Morgan fingerprint density at radius 1 is 0.825 bits per heavy atom. The molecular formula is C34H54ClNO4. The maximum absolute atomic E-state index is 12.2. The lowest BCUT2D eigenvalue weighted by atomic mass is 10.0. The van der Waals surface area contributed by atoms with Crippen LogP contribution in [-0.4, -0.2) is 31.6 Å². The first-order chi connectivity index (χ1) is 19.3. The summed E-state index contributed by atoms with van der Waals surface area (Å²) in [6.45, 7) is 3.88. The van der Waals surface area contributed by atoms with E-state index in [4.69, 9.17) is 14.2 Å². The molecule has 2 atom stereocenters. The van der Waals surface area contributed by atoms with E-state index in [1.165, 1.54) is 101 Å². The third-order valence-electron chi connectivity index (χ3n) is 7.85. The van der Waals surface area contributed by atoms with Crippen molar-refractivity contribution in [2.45, 2.75) is 141 Å². The number of hydrogen-bond donors (Lipinski definition) is 0. The number of aromatic nitrogens is 1. The van der Waals surface area contributed by atoms with Gasteiger partial charge in [-0.3, -0.25) is 4.79 Å². The number of nitrogens with zero attached hydrogens (tertiary/aromatic N) is 1. The van der Waals surface area contributed by atoms with E-state index in [2.05, 4.69) is 35.9 Å². The van der Waals surface area contributed by atoms with Crippen LogP contribution < -0.4 is 17.0 Å². The molecule has 2 aromatic rings. The summed E-state index contributed by atoms with van der Waals surface area (Å²) < 4.78 is 19.4. The molecule has 0 spiro atoms. The number of benzene rings is 1.